The smallest absolute Gasteiger partial charge is 0.248 e. The lowest BCUT2D eigenvalue weighted by Gasteiger charge is -2.18. The van der Waals surface area contributed by atoms with Gasteiger partial charge in [0.1, 0.15) is 5.75 Å². The van der Waals surface area contributed by atoms with Gasteiger partial charge < -0.3 is 13.9 Å². The second kappa shape index (κ2) is 12.5. The Hall–Kier alpha value is -5.56. The molecule has 1 aliphatic rings. The van der Waals surface area contributed by atoms with Gasteiger partial charge >= 0.3 is 0 Å². The highest BCUT2D eigenvalue weighted by Gasteiger charge is 2.21. The molecule has 0 saturated heterocycles. The van der Waals surface area contributed by atoms with Crippen molar-refractivity contribution in [1.29, 1.82) is 0 Å². The summed E-state index contributed by atoms with van der Waals surface area (Å²) in [7, 11) is 0. The SMILES string of the molecule is CC(C)(C)c1ccc(-c2nnc(-c3ccc(-c4cc(O)cc(C5=CCC(c6nnc(-c7ccc(C(C)(C)C)cc7)o6)C=C5)c4)cc3)o2)cc1. The van der Waals surface area contributed by atoms with E-state index < -0.39 is 0 Å². The Labute approximate surface area is 287 Å². The molecule has 1 N–H and O–H groups in total. The van der Waals surface area contributed by atoms with Gasteiger partial charge in [-0.15, -0.1) is 20.4 Å². The first kappa shape index (κ1) is 32.0. The Morgan fingerprint density at radius 1 is 0.551 bits per heavy atom. The zero-order valence-electron chi connectivity index (χ0n) is 28.7. The maximum Gasteiger partial charge on any atom is 0.248 e. The highest BCUT2D eigenvalue weighted by atomic mass is 16.4. The summed E-state index contributed by atoms with van der Waals surface area (Å²) in [5.74, 6) is 2.23. The normalized spacial score (nSPS) is 15.0. The molecule has 0 amide bonds. The summed E-state index contributed by atoms with van der Waals surface area (Å²) < 4.78 is 12.1. The zero-order valence-corrected chi connectivity index (χ0v) is 28.7. The number of phenols is 1. The van der Waals surface area contributed by atoms with Crippen LogP contribution in [0.1, 0.15) is 76.5 Å². The fourth-order valence-electron chi connectivity index (χ4n) is 5.95. The Morgan fingerprint density at radius 3 is 1.53 bits per heavy atom. The molecule has 49 heavy (non-hydrogen) atoms. The van der Waals surface area contributed by atoms with Crippen LogP contribution in [0.25, 0.3) is 51.1 Å². The second-order valence-corrected chi connectivity index (χ2v) is 14.7. The van der Waals surface area contributed by atoms with Gasteiger partial charge in [-0.1, -0.05) is 96.2 Å². The van der Waals surface area contributed by atoms with Gasteiger partial charge in [0.2, 0.25) is 23.6 Å². The van der Waals surface area contributed by atoms with Crippen LogP contribution in [0.3, 0.4) is 0 Å². The number of allylic oxidation sites excluding steroid dienone is 4. The van der Waals surface area contributed by atoms with Crippen molar-refractivity contribution in [2.24, 2.45) is 0 Å². The van der Waals surface area contributed by atoms with Crippen LogP contribution in [0.15, 0.2) is 118 Å². The van der Waals surface area contributed by atoms with E-state index in [1.54, 1.807) is 12.1 Å². The maximum absolute atomic E-state index is 10.7. The van der Waals surface area contributed by atoms with E-state index in [0.29, 0.717) is 30.0 Å². The van der Waals surface area contributed by atoms with Crippen molar-refractivity contribution in [3.05, 3.63) is 132 Å². The average Bonchev–Trinajstić information content (AvgIpc) is 3.79. The highest BCUT2D eigenvalue weighted by Crippen LogP contribution is 2.36. The molecular formula is C42H40N4O3. The standard InChI is InChI=1S/C42H40N4O3/c1-41(2,3)34-19-15-30(16-20-34)39-45-43-37(48-39)28-11-7-26(8-12-28)32-23-33(25-36(47)24-32)27-9-13-29(14-10-27)38-44-46-40(49-38)31-17-21-35(22-18-31)42(4,5)6/h7-13,15-25,29,47H,14H2,1-6H3. The van der Waals surface area contributed by atoms with Gasteiger partial charge in [-0.3, -0.25) is 0 Å². The number of aromatic nitrogens is 4. The first-order valence-electron chi connectivity index (χ1n) is 16.6. The van der Waals surface area contributed by atoms with E-state index in [0.717, 1.165) is 39.0 Å². The number of aromatic hydroxyl groups is 1. The van der Waals surface area contributed by atoms with E-state index in [9.17, 15) is 5.11 Å². The van der Waals surface area contributed by atoms with Crippen molar-refractivity contribution < 1.29 is 13.9 Å². The zero-order chi connectivity index (χ0) is 34.3. The van der Waals surface area contributed by atoms with Crippen molar-refractivity contribution >= 4 is 5.57 Å². The predicted octanol–water partition coefficient (Wildman–Crippen LogP) is 10.5. The number of benzene rings is 4. The molecule has 0 aliphatic heterocycles. The van der Waals surface area contributed by atoms with Gasteiger partial charge in [0.05, 0.1) is 5.92 Å². The lowest BCUT2D eigenvalue weighted by molar-refractivity contribution is 0.475. The third-order valence-corrected chi connectivity index (χ3v) is 8.99. The Kier molecular flexibility index (Phi) is 8.15. The van der Waals surface area contributed by atoms with Crippen LogP contribution in [0.4, 0.5) is 0 Å². The molecule has 7 heteroatoms. The fraction of sp³-hybridized carbons (Fsp3) is 0.238. The lowest BCUT2D eigenvalue weighted by atomic mass is 9.87. The van der Waals surface area contributed by atoms with E-state index in [-0.39, 0.29) is 22.5 Å². The minimum atomic E-state index is -0.0174. The van der Waals surface area contributed by atoms with Crippen molar-refractivity contribution in [2.45, 2.75) is 64.7 Å². The number of hydrogen-bond donors (Lipinski definition) is 1. The number of phenolic OH excluding ortho intramolecular Hbond substituents is 1. The van der Waals surface area contributed by atoms with E-state index in [2.05, 4.69) is 110 Å². The minimum absolute atomic E-state index is 0.0174. The van der Waals surface area contributed by atoms with E-state index in [1.165, 1.54) is 11.1 Å². The monoisotopic (exact) mass is 648 g/mol. The number of hydrogen-bond acceptors (Lipinski definition) is 7. The first-order chi connectivity index (χ1) is 23.4. The number of rotatable bonds is 6. The third-order valence-electron chi connectivity index (χ3n) is 8.99. The summed E-state index contributed by atoms with van der Waals surface area (Å²) in [6.07, 6.45) is 7.01. The molecule has 4 aromatic carbocycles. The van der Waals surface area contributed by atoms with E-state index >= 15 is 0 Å². The molecule has 0 bridgehead atoms. The van der Waals surface area contributed by atoms with Crippen LogP contribution < -0.4 is 0 Å². The molecule has 7 rings (SSSR count). The van der Waals surface area contributed by atoms with Gasteiger partial charge in [-0.2, -0.15) is 0 Å². The Morgan fingerprint density at radius 2 is 1.02 bits per heavy atom. The molecule has 0 spiro atoms. The molecule has 7 nitrogen and oxygen atoms in total. The summed E-state index contributed by atoms with van der Waals surface area (Å²) >= 11 is 0. The average molecular weight is 649 g/mol. The summed E-state index contributed by atoms with van der Waals surface area (Å²) in [5, 5.41) is 27.9. The highest BCUT2D eigenvalue weighted by molar-refractivity contribution is 5.80. The maximum atomic E-state index is 10.7. The quantitative estimate of drug-likeness (QED) is 0.192. The Bertz CT molecular complexity index is 2160. The molecule has 1 aliphatic carbocycles. The van der Waals surface area contributed by atoms with E-state index in [4.69, 9.17) is 8.83 Å². The van der Waals surface area contributed by atoms with Gasteiger partial charge in [0.15, 0.2) is 0 Å². The summed E-state index contributed by atoms with van der Waals surface area (Å²) in [6, 6.07) is 30.1. The van der Waals surface area contributed by atoms with Crippen LogP contribution in [0, 0.1) is 0 Å². The van der Waals surface area contributed by atoms with Gasteiger partial charge in [-0.05, 0) is 105 Å². The van der Waals surface area contributed by atoms with E-state index in [1.807, 2.05) is 48.5 Å². The Balaban J connectivity index is 1.04. The van der Waals surface area contributed by atoms with Gasteiger partial charge in [0, 0.05) is 16.7 Å². The number of nitrogens with zero attached hydrogens (tertiary/aromatic N) is 4. The van der Waals surface area contributed by atoms with Crippen LogP contribution >= 0.6 is 0 Å². The molecule has 6 aromatic rings. The summed E-state index contributed by atoms with van der Waals surface area (Å²) in [6.45, 7) is 13.2. The molecule has 2 heterocycles. The van der Waals surface area contributed by atoms with Crippen molar-refractivity contribution in [2.75, 3.05) is 0 Å². The molecule has 2 aromatic heterocycles. The van der Waals surface area contributed by atoms with Crippen molar-refractivity contribution in [3.63, 3.8) is 0 Å². The topological polar surface area (TPSA) is 98.1 Å². The molecular weight excluding hydrogens is 608 g/mol. The molecule has 0 fully saturated rings. The molecule has 246 valence electrons. The minimum Gasteiger partial charge on any atom is -0.508 e. The van der Waals surface area contributed by atoms with Crippen LogP contribution in [-0.4, -0.2) is 25.5 Å². The molecule has 0 radical (unpaired) electrons. The van der Waals surface area contributed by atoms with Crippen molar-refractivity contribution in [1.82, 2.24) is 20.4 Å². The first-order valence-corrected chi connectivity index (χ1v) is 16.6. The third kappa shape index (κ3) is 6.88. The predicted molar refractivity (Wildman–Crippen MR) is 194 cm³/mol. The van der Waals surface area contributed by atoms with Crippen LogP contribution in [0.5, 0.6) is 5.75 Å². The van der Waals surface area contributed by atoms with Gasteiger partial charge in [-0.25, -0.2) is 0 Å². The molecule has 1 unspecified atom stereocenters. The van der Waals surface area contributed by atoms with Gasteiger partial charge in [0.25, 0.3) is 0 Å². The van der Waals surface area contributed by atoms with Crippen LogP contribution in [-0.2, 0) is 10.8 Å². The fourth-order valence-corrected chi connectivity index (χ4v) is 5.95. The van der Waals surface area contributed by atoms with Crippen molar-refractivity contribution in [3.8, 4) is 51.2 Å². The largest absolute Gasteiger partial charge is 0.508 e. The lowest BCUT2D eigenvalue weighted by Crippen LogP contribution is -2.10. The van der Waals surface area contributed by atoms with Crippen LogP contribution in [0.2, 0.25) is 0 Å². The summed E-state index contributed by atoms with van der Waals surface area (Å²) in [4.78, 5) is 0. The molecule has 0 saturated carbocycles. The summed E-state index contributed by atoms with van der Waals surface area (Å²) in [5.41, 5.74) is 9.10. The second-order valence-electron chi connectivity index (χ2n) is 14.7. The molecule has 1 atom stereocenters.